The molecule has 2 rings (SSSR count). The highest BCUT2D eigenvalue weighted by Gasteiger charge is 2.12. The number of rotatable bonds is 6. The summed E-state index contributed by atoms with van der Waals surface area (Å²) in [6.45, 7) is 3.89. The van der Waals surface area contributed by atoms with Gasteiger partial charge in [0.15, 0.2) is 11.5 Å². The Morgan fingerprint density at radius 2 is 1.56 bits per heavy atom. The molecular weight excluding hydrogens is 320 g/mol. The topological polar surface area (TPSA) is 54.0 Å². The number of aryl methyl sites for hydroxylation is 1. The van der Waals surface area contributed by atoms with Gasteiger partial charge in [-0.25, -0.2) is 4.79 Å². The van der Waals surface area contributed by atoms with E-state index >= 15 is 0 Å². The second-order valence-corrected chi connectivity index (χ2v) is 5.41. The number of ether oxygens (including phenoxy) is 4. The van der Waals surface area contributed by atoms with E-state index in [9.17, 15) is 4.79 Å². The summed E-state index contributed by atoms with van der Waals surface area (Å²) in [7, 11) is 4.62. The molecule has 0 bridgehead atoms. The van der Waals surface area contributed by atoms with Crippen LogP contribution >= 0.6 is 0 Å². The molecule has 0 amide bonds. The van der Waals surface area contributed by atoms with E-state index in [2.05, 4.69) is 0 Å². The smallest absolute Gasteiger partial charge is 0.336 e. The lowest BCUT2D eigenvalue weighted by molar-refractivity contribution is -0.128. The number of hydrogen-bond acceptors (Lipinski definition) is 5. The molecule has 0 radical (unpaired) electrons. The lowest BCUT2D eigenvalue weighted by Crippen LogP contribution is -2.05. The van der Waals surface area contributed by atoms with Crippen molar-refractivity contribution in [1.82, 2.24) is 0 Å². The number of hydrogen-bond donors (Lipinski definition) is 0. The van der Waals surface area contributed by atoms with E-state index in [0.29, 0.717) is 23.0 Å². The molecule has 0 atom stereocenters. The standard InChI is InChI=1S/C20H22O5/c1-13-7-6-8-16(14(13)2)25-19(21)10-9-15-11-17(22-3)20(24-5)18(12-15)23-4/h6-12H,1-5H3/b10-9+. The third-order valence-electron chi connectivity index (χ3n) is 3.86. The van der Waals surface area contributed by atoms with Crippen LogP contribution in [0, 0.1) is 13.8 Å². The molecule has 0 fully saturated rings. The van der Waals surface area contributed by atoms with Gasteiger partial charge in [0.2, 0.25) is 5.75 Å². The van der Waals surface area contributed by atoms with Gasteiger partial charge >= 0.3 is 5.97 Å². The van der Waals surface area contributed by atoms with Crippen LogP contribution < -0.4 is 18.9 Å². The van der Waals surface area contributed by atoms with Crippen LogP contribution in [0.1, 0.15) is 16.7 Å². The summed E-state index contributed by atoms with van der Waals surface area (Å²) in [6, 6.07) is 9.10. The molecule has 0 spiro atoms. The average molecular weight is 342 g/mol. The van der Waals surface area contributed by atoms with Crippen molar-refractivity contribution in [2.45, 2.75) is 13.8 Å². The number of methoxy groups -OCH3 is 3. The molecule has 0 aliphatic heterocycles. The third-order valence-corrected chi connectivity index (χ3v) is 3.86. The van der Waals surface area contributed by atoms with Gasteiger partial charge in [-0.3, -0.25) is 0 Å². The highest BCUT2D eigenvalue weighted by Crippen LogP contribution is 2.38. The van der Waals surface area contributed by atoms with Gasteiger partial charge in [0.25, 0.3) is 0 Å². The predicted octanol–water partition coefficient (Wildman–Crippen LogP) is 3.95. The van der Waals surface area contributed by atoms with Gasteiger partial charge < -0.3 is 18.9 Å². The van der Waals surface area contributed by atoms with Crippen molar-refractivity contribution in [2.75, 3.05) is 21.3 Å². The molecule has 0 aromatic heterocycles. The van der Waals surface area contributed by atoms with Crippen molar-refractivity contribution < 1.29 is 23.7 Å². The largest absolute Gasteiger partial charge is 0.493 e. The van der Waals surface area contributed by atoms with Gasteiger partial charge in [0.1, 0.15) is 5.75 Å². The van der Waals surface area contributed by atoms with Crippen LogP contribution in [0.15, 0.2) is 36.4 Å². The minimum atomic E-state index is -0.456. The summed E-state index contributed by atoms with van der Waals surface area (Å²) in [5.41, 5.74) is 2.74. The molecule has 0 saturated carbocycles. The molecule has 2 aromatic rings. The minimum absolute atomic E-state index is 0.456. The highest BCUT2D eigenvalue weighted by molar-refractivity contribution is 5.89. The van der Waals surface area contributed by atoms with Crippen molar-refractivity contribution in [1.29, 1.82) is 0 Å². The maximum atomic E-state index is 12.1. The van der Waals surface area contributed by atoms with Crippen LogP contribution in [0.2, 0.25) is 0 Å². The Hall–Kier alpha value is -2.95. The Balaban J connectivity index is 2.21. The second-order valence-electron chi connectivity index (χ2n) is 5.41. The van der Waals surface area contributed by atoms with Gasteiger partial charge in [0, 0.05) is 6.08 Å². The zero-order valence-corrected chi connectivity index (χ0v) is 15.1. The first-order valence-corrected chi connectivity index (χ1v) is 7.76. The summed E-state index contributed by atoms with van der Waals surface area (Å²) < 4.78 is 21.3. The van der Waals surface area contributed by atoms with Crippen molar-refractivity contribution in [3.63, 3.8) is 0 Å². The summed E-state index contributed by atoms with van der Waals surface area (Å²) >= 11 is 0. The fourth-order valence-electron chi connectivity index (χ4n) is 2.34. The monoisotopic (exact) mass is 342 g/mol. The van der Waals surface area contributed by atoms with Gasteiger partial charge in [-0.2, -0.15) is 0 Å². The van der Waals surface area contributed by atoms with E-state index in [1.807, 2.05) is 26.0 Å². The Bertz CT molecular complexity index is 768. The predicted molar refractivity (Wildman–Crippen MR) is 96.7 cm³/mol. The van der Waals surface area contributed by atoms with Crippen LogP contribution in [0.3, 0.4) is 0 Å². The maximum absolute atomic E-state index is 12.1. The first kappa shape index (κ1) is 18.4. The number of carbonyl (C=O) groups is 1. The lowest BCUT2D eigenvalue weighted by Gasteiger charge is -2.12. The van der Waals surface area contributed by atoms with Crippen molar-refractivity contribution >= 4 is 12.0 Å². The SMILES string of the molecule is COc1cc(/C=C/C(=O)Oc2cccc(C)c2C)cc(OC)c1OC. The third kappa shape index (κ3) is 4.32. The number of esters is 1. The van der Waals surface area contributed by atoms with Crippen LogP contribution in [-0.4, -0.2) is 27.3 Å². The van der Waals surface area contributed by atoms with E-state index in [-0.39, 0.29) is 0 Å². The minimum Gasteiger partial charge on any atom is -0.493 e. The molecule has 25 heavy (non-hydrogen) atoms. The first-order valence-electron chi connectivity index (χ1n) is 7.76. The van der Waals surface area contributed by atoms with Gasteiger partial charge in [-0.1, -0.05) is 12.1 Å². The Morgan fingerprint density at radius 3 is 2.12 bits per heavy atom. The fraction of sp³-hybridized carbons (Fsp3) is 0.250. The van der Waals surface area contributed by atoms with Gasteiger partial charge in [-0.05, 0) is 54.8 Å². The Morgan fingerprint density at radius 1 is 0.920 bits per heavy atom. The molecule has 5 heteroatoms. The summed E-state index contributed by atoms with van der Waals surface area (Å²) in [5, 5.41) is 0. The maximum Gasteiger partial charge on any atom is 0.336 e. The zero-order valence-electron chi connectivity index (χ0n) is 15.1. The summed E-state index contributed by atoms with van der Waals surface area (Å²) in [6.07, 6.45) is 3.00. The molecule has 0 saturated heterocycles. The molecule has 0 heterocycles. The highest BCUT2D eigenvalue weighted by atomic mass is 16.5. The van der Waals surface area contributed by atoms with Gasteiger partial charge in [-0.15, -0.1) is 0 Å². The quantitative estimate of drug-likeness (QED) is 0.452. The average Bonchev–Trinajstić information content (AvgIpc) is 2.62. The van der Waals surface area contributed by atoms with Crippen LogP contribution in [0.25, 0.3) is 6.08 Å². The summed E-state index contributed by atoms with van der Waals surface area (Å²) in [5.74, 6) is 1.64. The van der Waals surface area contributed by atoms with E-state index in [4.69, 9.17) is 18.9 Å². The molecule has 5 nitrogen and oxygen atoms in total. The van der Waals surface area contributed by atoms with Crippen LogP contribution in [0.4, 0.5) is 0 Å². The Kier molecular flexibility index (Phi) is 6.06. The normalized spacial score (nSPS) is 10.6. The van der Waals surface area contributed by atoms with E-state index in [0.717, 1.165) is 16.7 Å². The molecule has 0 N–H and O–H groups in total. The fourth-order valence-corrected chi connectivity index (χ4v) is 2.34. The molecule has 2 aromatic carbocycles. The van der Waals surface area contributed by atoms with Crippen molar-refractivity contribution in [2.24, 2.45) is 0 Å². The summed E-state index contributed by atoms with van der Waals surface area (Å²) in [4.78, 5) is 12.1. The number of benzene rings is 2. The lowest BCUT2D eigenvalue weighted by atomic mass is 10.1. The van der Waals surface area contributed by atoms with Gasteiger partial charge in [0.05, 0.1) is 21.3 Å². The first-order chi connectivity index (χ1) is 12.0. The van der Waals surface area contributed by atoms with E-state index in [1.165, 1.54) is 13.2 Å². The molecule has 0 unspecified atom stereocenters. The molecule has 0 aliphatic rings. The molecular formula is C20H22O5. The second kappa shape index (κ2) is 8.24. The Labute approximate surface area is 147 Å². The number of carbonyl (C=O) groups excluding carboxylic acids is 1. The zero-order chi connectivity index (χ0) is 18.4. The van der Waals surface area contributed by atoms with Crippen LogP contribution in [-0.2, 0) is 4.79 Å². The van der Waals surface area contributed by atoms with Crippen molar-refractivity contribution in [3.8, 4) is 23.0 Å². The molecule has 132 valence electrons. The van der Waals surface area contributed by atoms with Crippen molar-refractivity contribution in [3.05, 3.63) is 53.1 Å². The van der Waals surface area contributed by atoms with Crippen LogP contribution in [0.5, 0.6) is 23.0 Å². The van der Waals surface area contributed by atoms with E-state index in [1.54, 1.807) is 38.5 Å². The van der Waals surface area contributed by atoms with E-state index < -0.39 is 5.97 Å². The molecule has 0 aliphatic carbocycles.